The quantitative estimate of drug-likeness (QED) is 0.545. The minimum absolute atomic E-state index is 0.108. The molecule has 0 radical (unpaired) electrons. The van der Waals surface area contributed by atoms with E-state index in [2.05, 4.69) is 11.9 Å². The maximum absolute atomic E-state index is 11.7. The third kappa shape index (κ3) is 5.01. The highest BCUT2D eigenvalue weighted by Gasteiger charge is 2.04. The molecule has 0 fully saturated rings. The standard InChI is InChI=1S/C14H19NO3/c1-2-11-18-13-7-5-12(6-8-13)14(17)15-9-3-4-10-16/h2,5-8,16H,1,3-4,9-11H2,(H,15,17). The number of benzene rings is 1. The van der Waals surface area contributed by atoms with Crippen LogP contribution < -0.4 is 10.1 Å². The summed E-state index contributed by atoms with van der Waals surface area (Å²) < 4.78 is 5.33. The molecule has 1 aromatic rings. The predicted molar refractivity (Wildman–Crippen MR) is 70.8 cm³/mol. The van der Waals surface area contributed by atoms with Gasteiger partial charge in [-0.2, -0.15) is 0 Å². The molecule has 0 aromatic heterocycles. The fraction of sp³-hybridized carbons (Fsp3) is 0.357. The Morgan fingerprint density at radius 2 is 2.06 bits per heavy atom. The SMILES string of the molecule is C=CCOc1ccc(C(=O)NCCCCO)cc1. The van der Waals surface area contributed by atoms with Crippen LogP contribution in [0.5, 0.6) is 5.75 Å². The molecule has 98 valence electrons. The number of carbonyl (C=O) groups is 1. The number of hydrogen-bond donors (Lipinski definition) is 2. The number of carbonyl (C=O) groups excluding carboxylic acids is 1. The molecule has 0 atom stereocenters. The fourth-order valence-corrected chi connectivity index (χ4v) is 1.40. The summed E-state index contributed by atoms with van der Waals surface area (Å²) in [4.78, 5) is 11.7. The molecule has 0 saturated heterocycles. The molecule has 0 aliphatic carbocycles. The van der Waals surface area contributed by atoms with E-state index in [0.29, 0.717) is 30.9 Å². The number of aliphatic hydroxyl groups excluding tert-OH is 1. The number of aliphatic hydroxyl groups is 1. The zero-order chi connectivity index (χ0) is 13.2. The second-order valence-electron chi connectivity index (χ2n) is 3.81. The molecular weight excluding hydrogens is 230 g/mol. The van der Waals surface area contributed by atoms with Gasteiger partial charge >= 0.3 is 0 Å². The molecule has 0 spiro atoms. The van der Waals surface area contributed by atoms with Gasteiger partial charge in [-0.05, 0) is 37.1 Å². The molecule has 4 heteroatoms. The molecule has 0 heterocycles. The number of nitrogens with one attached hydrogen (secondary N) is 1. The lowest BCUT2D eigenvalue weighted by atomic mass is 10.2. The zero-order valence-corrected chi connectivity index (χ0v) is 10.4. The summed E-state index contributed by atoms with van der Waals surface area (Å²) in [5.74, 6) is 0.606. The molecule has 4 nitrogen and oxygen atoms in total. The Kier molecular flexibility index (Phi) is 6.58. The lowest BCUT2D eigenvalue weighted by Gasteiger charge is -2.06. The second-order valence-corrected chi connectivity index (χ2v) is 3.81. The first kappa shape index (κ1) is 14.3. The van der Waals surface area contributed by atoms with Crippen LogP contribution in [-0.2, 0) is 0 Å². The molecule has 0 unspecified atom stereocenters. The van der Waals surface area contributed by atoms with E-state index in [-0.39, 0.29) is 12.5 Å². The van der Waals surface area contributed by atoms with Gasteiger partial charge < -0.3 is 15.2 Å². The number of unbranched alkanes of at least 4 members (excludes halogenated alkanes) is 1. The van der Waals surface area contributed by atoms with Gasteiger partial charge in [0.15, 0.2) is 0 Å². The van der Waals surface area contributed by atoms with Crippen molar-refractivity contribution in [1.82, 2.24) is 5.32 Å². The number of ether oxygens (including phenoxy) is 1. The van der Waals surface area contributed by atoms with Crippen LogP contribution in [-0.4, -0.2) is 30.8 Å². The summed E-state index contributed by atoms with van der Waals surface area (Å²) in [6, 6.07) is 6.96. The average molecular weight is 249 g/mol. The molecule has 0 aliphatic heterocycles. The molecule has 1 aromatic carbocycles. The van der Waals surface area contributed by atoms with Crippen molar-refractivity contribution >= 4 is 5.91 Å². The molecule has 1 rings (SSSR count). The van der Waals surface area contributed by atoms with Gasteiger partial charge in [0.2, 0.25) is 0 Å². The van der Waals surface area contributed by atoms with Gasteiger partial charge in [-0.25, -0.2) is 0 Å². The molecule has 0 saturated carbocycles. The summed E-state index contributed by atoms with van der Waals surface area (Å²) in [6.07, 6.45) is 3.15. The minimum atomic E-state index is -0.108. The lowest BCUT2D eigenvalue weighted by Crippen LogP contribution is -2.24. The first-order valence-corrected chi connectivity index (χ1v) is 6.00. The topological polar surface area (TPSA) is 58.6 Å². The maximum atomic E-state index is 11.7. The summed E-state index contributed by atoms with van der Waals surface area (Å²) in [7, 11) is 0. The lowest BCUT2D eigenvalue weighted by molar-refractivity contribution is 0.0952. The van der Waals surface area contributed by atoms with Gasteiger partial charge in [0.25, 0.3) is 5.91 Å². The van der Waals surface area contributed by atoms with Crippen molar-refractivity contribution in [3.63, 3.8) is 0 Å². The van der Waals surface area contributed by atoms with Crippen molar-refractivity contribution < 1.29 is 14.6 Å². The third-order valence-electron chi connectivity index (χ3n) is 2.35. The highest BCUT2D eigenvalue weighted by molar-refractivity contribution is 5.94. The summed E-state index contributed by atoms with van der Waals surface area (Å²) in [6.45, 7) is 4.75. The molecule has 18 heavy (non-hydrogen) atoms. The Balaban J connectivity index is 2.41. The molecule has 2 N–H and O–H groups in total. The van der Waals surface area contributed by atoms with Crippen LogP contribution in [0.15, 0.2) is 36.9 Å². The highest BCUT2D eigenvalue weighted by Crippen LogP contribution is 2.12. The van der Waals surface area contributed by atoms with Crippen molar-refractivity contribution in [2.75, 3.05) is 19.8 Å². The zero-order valence-electron chi connectivity index (χ0n) is 10.4. The Morgan fingerprint density at radius 1 is 1.33 bits per heavy atom. The summed E-state index contributed by atoms with van der Waals surface area (Å²) >= 11 is 0. The van der Waals surface area contributed by atoms with Crippen LogP contribution in [0.4, 0.5) is 0 Å². The van der Waals surface area contributed by atoms with Crippen LogP contribution in [0.1, 0.15) is 23.2 Å². The van der Waals surface area contributed by atoms with Crippen LogP contribution in [0.2, 0.25) is 0 Å². The van der Waals surface area contributed by atoms with Crippen LogP contribution in [0.3, 0.4) is 0 Å². The second kappa shape index (κ2) is 8.31. The van der Waals surface area contributed by atoms with Crippen LogP contribution in [0.25, 0.3) is 0 Å². The largest absolute Gasteiger partial charge is 0.490 e. The summed E-state index contributed by atoms with van der Waals surface area (Å²) in [5.41, 5.74) is 0.602. The van der Waals surface area contributed by atoms with Crippen molar-refractivity contribution in [3.8, 4) is 5.75 Å². The van der Waals surface area contributed by atoms with E-state index in [9.17, 15) is 4.79 Å². The van der Waals surface area contributed by atoms with E-state index >= 15 is 0 Å². The van der Waals surface area contributed by atoms with E-state index in [0.717, 1.165) is 6.42 Å². The highest BCUT2D eigenvalue weighted by atomic mass is 16.5. The Bertz CT molecular complexity index is 373. The number of hydrogen-bond acceptors (Lipinski definition) is 3. The van der Waals surface area contributed by atoms with Crippen molar-refractivity contribution in [2.45, 2.75) is 12.8 Å². The number of amides is 1. The van der Waals surface area contributed by atoms with Gasteiger partial charge in [0, 0.05) is 18.7 Å². The van der Waals surface area contributed by atoms with E-state index in [4.69, 9.17) is 9.84 Å². The smallest absolute Gasteiger partial charge is 0.251 e. The summed E-state index contributed by atoms with van der Waals surface area (Å²) in [5, 5.41) is 11.4. The van der Waals surface area contributed by atoms with Crippen LogP contribution in [0, 0.1) is 0 Å². The first-order valence-electron chi connectivity index (χ1n) is 6.00. The maximum Gasteiger partial charge on any atom is 0.251 e. The van der Waals surface area contributed by atoms with Crippen molar-refractivity contribution in [2.24, 2.45) is 0 Å². The monoisotopic (exact) mass is 249 g/mol. The molecule has 0 aliphatic rings. The average Bonchev–Trinajstić information content (AvgIpc) is 2.41. The Labute approximate surface area is 107 Å². The van der Waals surface area contributed by atoms with E-state index in [1.807, 2.05) is 0 Å². The van der Waals surface area contributed by atoms with Crippen molar-refractivity contribution in [1.29, 1.82) is 0 Å². The van der Waals surface area contributed by atoms with Gasteiger partial charge in [0.1, 0.15) is 12.4 Å². The Morgan fingerprint density at radius 3 is 2.67 bits per heavy atom. The predicted octanol–water partition coefficient (Wildman–Crippen LogP) is 1.75. The van der Waals surface area contributed by atoms with Gasteiger partial charge in [-0.1, -0.05) is 12.7 Å². The molecule has 0 bridgehead atoms. The third-order valence-corrected chi connectivity index (χ3v) is 2.35. The normalized spacial score (nSPS) is 9.83. The van der Waals surface area contributed by atoms with Crippen molar-refractivity contribution in [3.05, 3.63) is 42.5 Å². The van der Waals surface area contributed by atoms with E-state index in [1.54, 1.807) is 30.3 Å². The van der Waals surface area contributed by atoms with E-state index < -0.39 is 0 Å². The molecule has 1 amide bonds. The van der Waals surface area contributed by atoms with Gasteiger partial charge in [0.05, 0.1) is 0 Å². The first-order chi connectivity index (χ1) is 8.77. The molecular formula is C14H19NO3. The minimum Gasteiger partial charge on any atom is -0.490 e. The van der Waals surface area contributed by atoms with Gasteiger partial charge in [-0.15, -0.1) is 0 Å². The Hall–Kier alpha value is -1.81. The van der Waals surface area contributed by atoms with E-state index in [1.165, 1.54) is 0 Å². The van der Waals surface area contributed by atoms with Gasteiger partial charge in [-0.3, -0.25) is 4.79 Å². The van der Waals surface area contributed by atoms with Crippen LogP contribution >= 0.6 is 0 Å². The number of rotatable bonds is 8. The fourth-order valence-electron chi connectivity index (χ4n) is 1.40.